The van der Waals surface area contributed by atoms with Crippen LogP contribution in [0.4, 0.5) is 11.4 Å². The Morgan fingerprint density at radius 1 is 0.926 bits per heavy atom. The van der Waals surface area contributed by atoms with E-state index >= 15 is 4.79 Å². The molecule has 3 heterocycles. The van der Waals surface area contributed by atoms with Crippen LogP contribution in [0.1, 0.15) is 36.5 Å². The number of carbonyl (C=O) groups is 3. The Hall–Kier alpha value is -4.97. The van der Waals surface area contributed by atoms with Crippen LogP contribution in [0, 0.1) is 5.92 Å². The molecule has 4 atom stereocenters. The van der Waals surface area contributed by atoms with Crippen molar-refractivity contribution in [3.63, 3.8) is 0 Å². The SMILES string of the molecule is COc1ccc([Si](C)(C)[C@@H]2[C@@H](CC(=O)N(CCO)Cc3ccccc3)O[C@]3(C(=O)N(Cc4ccc(N5CCC5=O)cc4)c4ccc(OC)cc43)[C@H]2C)cc1. The van der Waals surface area contributed by atoms with E-state index in [0.717, 1.165) is 33.8 Å². The van der Waals surface area contributed by atoms with E-state index in [1.165, 1.54) is 5.19 Å². The number of carbonyl (C=O) groups excluding carboxylic acids is 3. The molecule has 2 fully saturated rings. The Bertz CT molecular complexity index is 2010. The van der Waals surface area contributed by atoms with E-state index in [1.807, 2.05) is 84.9 Å². The average molecular weight is 748 g/mol. The highest BCUT2D eigenvalue weighted by atomic mass is 28.3. The molecule has 3 aliphatic heterocycles. The van der Waals surface area contributed by atoms with E-state index in [-0.39, 0.29) is 48.8 Å². The summed E-state index contributed by atoms with van der Waals surface area (Å²) < 4.78 is 18.4. The van der Waals surface area contributed by atoms with Gasteiger partial charge in [0, 0.05) is 43.2 Å². The van der Waals surface area contributed by atoms with Crippen LogP contribution in [0.5, 0.6) is 11.5 Å². The summed E-state index contributed by atoms with van der Waals surface area (Å²) in [4.78, 5) is 46.9. The van der Waals surface area contributed by atoms with Crippen LogP contribution in [0.3, 0.4) is 0 Å². The van der Waals surface area contributed by atoms with Gasteiger partial charge in [0.2, 0.25) is 11.8 Å². The molecule has 2 saturated heterocycles. The van der Waals surface area contributed by atoms with Gasteiger partial charge in [-0.3, -0.25) is 14.4 Å². The molecule has 0 aliphatic carbocycles. The molecule has 1 spiro atoms. The van der Waals surface area contributed by atoms with Gasteiger partial charge in [-0.05, 0) is 59.1 Å². The molecule has 7 rings (SSSR count). The van der Waals surface area contributed by atoms with Crippen LogP contribution in [0.25, 0.3) is 0 Å². The molecular weight excluding hydrogens is 699 g/mol. The highest BCUT2D eigenvalue weighted by Crippen LogP contribution is 2.60. The fourth-order valence-electron chi connectivity index (χ4n) is 8.85. The molecule has 0 unspecified atom stereocenters. The summed E-state index contributed by atoms with van der Waals surface area (Å²) in [5.74, 6) is 0.856. The van der Waals surface area contributed by atoms with Crippen molar-refractivity contribution < 1.29 is 33.7 Å². The predicted molar refractivity (Wildman–Crippen MR) is 211 cm³/mol. The summed E-state index contributed by atoms with van der Waals surface area (Å²) in [6.07, 6.45) is 0.0203. The summed E-state index contributed by atoms with van der Waals surface area (Å²) in [5, 5.41) is 11.2. The van der Waals surface area contributed by atoms with Gasteiger partial charge >= 0.3 is 0 Å². The molecule has 3 aliphatic rings. The van der Waals surface area contributed by atoms with Crippen molar-refractivity contribution in [1.29, 1.82) is 0 Å². The van der Waals surface area contributed by atoms with Gasteiger partial charge < -0.3 is 34.0 Å². The van der Waals surface area contributed by atoms with Gasteiger partial charge in [0.1, 0.15) is 11.5 Å². The second-order valence-corrected chi connectivity index (χ2v) is 19.8. The van der Waals surface area contributed by atoms with Gasteiger partial charge in [-0.25, -0.2) is 0 Å². The van der Waals surface area contributed by atoms with Crippen molar-refractivity contribution in [3.05, 3.63) is 114 Å². The number of ether oxygens (including phenoxy) is 3. The Morgan fingerprint density at radius 2 is 1.61 bits per heavy atom. The topological polar surface area (TPSA) is 109 Å². The first-order valence-corrected chi connectivity index (χ1v) is 21.7. The quantitative estimate of drug-likeness (QED) is 0.140. The van der Waals surface area contributed by atoms with Gasteiger partial charge in [0.25, 0.3) is 5.91 Å². The van der Waals surface area contributed by atoms with Crippen LogP contribution in [-0.2, 0) is 37.8 Å². The van der Waals surface area contributed by atoms with E-state index < -0.39 is 19.8 Å². The average Bonchev–Trinajstić information content (AvgIpc) is 3.60. The molecule has 3 amide bonds. The summed E-state index contributed by atoms with van der Waals surface area (Å²) in [6.45, 7) is 8.07. The lowest BCUT2D eigenvalue weighted by Crippen LogP contribution is -2.52. The number of benzene rings is 4. The van der Waals surface area contributed by atoms with Crippen molar-refractivity contribution in [1.82, 2.24) is 4.90 Å². The smallest absolute Gasteiger partial charge is 0.264 e. The number of amides is 3. The maximum atomic E-state index is 15.3. The molecule has 54 heavy (non-hydrogen) atoms. The van der Waals surface area contributed by atoms with Gasteiger partial charge in [-0.1, -0.05) is 79.8 Å². The largest absolute Gasteiger partial charge is 0.497 e. The van der Waals surface area contributed by atoms with E-state index in [1.54, 1.807) is 28.9 Å². The third-order valence-electron chi connectivity index (χ3n) is 11.8. The van der Waals surface area contributed by atoms with Crippen LogP contribution >= 0.6 is 0 Å². The van der Waals surface area contributed by atoms with E-state index in [4.69, 9.17) is 14.2 Å². The number of anilines is 2. The Kier molecular flexibility index (Phi) is 10.4. The first kappa shape index (κ1) is 37.3. The van der Waals surface area contributed by atoms with Gasteiger partial charge in [0.05, 0.1) is 53.7 Å². The fraction of sp³-hybridized carbons (Fsp3) is 0.372. The number of hydrogen-bond acceptors (Lipinski definition) is 7. The highest BCUT2D eigenvalue weighted by Gasteiger charge is 2.66. The van der Waals surface area contributed by atoms with Gasteiger partial charge in [-0.15, -0.1) is 0 Å². The number of aliphatic hydroxyl groups is 1. The van der Waals surface area contributed by atoms with Crippen molar-refractivity contribution in [2.45, 2.75) is 63.2 Å². The van der Waals surface area contributed by atoms with Crippen LogP contribution in [0.2, 0.25) is 18.6 Å². The molecule has 0 aromatic heterocycles. The van der Waals surface area contributed by atoms with E-state index in [0.29, 0.717) is 31.8 Å². The predicted octanol–water partition coefficient (Wildman–Crippen LogP) is 5.61. The minimum absolute atomic E-state index is 0.0550. The molecule has 0 bridgehead atoms. The fourth-order valence-corrected chi connectivity index (χ4v) is 12.9. The van der Waals surface area contributed by atoms with Crippen molar-refractivity contribution in [3.8, 4) is 11.5 Å². The third kappa shape index (κ3) is 6.58. The molecular formula is C43H49N3O7Si. The Labute approximate surface area is 318 Å². The molecule has 282 valence electrons. The van der Waals surface area contributed by atoms with Crippen molar-refractivity contribution in [2.24, 2.45) is 5.92 Å². The summed E-state index contributed by atoms with van der Waals surface area (Å²) in [6, 6.07) is 31.4. The highest BCUT2D eigenvalue weighted by molar-refractivity contribution is 6.91. The number of methoxy groups -OCH3 is 2. The lowest BCUT2D eigenvalue weighted by atomic mass is 9.82. The maximum absolute atomic E-state index is 15.3. The first-order valence-electron chi connectivity index (χ1n) is 18.7. The minimum atomic E-state index is -2.52. The number of hydrogen-bond donors (Lipinski definition) is 1. The Morgan fingerprint density at radius 3 is 2.22 bits per heavy atom. The minimum Gasteiger partial charge on any atom is -0.497 e. The van der Waals surface area contributed by atoms with E-state index in [2.05, 4.69) is 32.2 Å². The van der Waals surface area contributed by atoms with Gasteiger partial charge in [0.15, 0.2) is 5.60 Å². The second kappa shape index (κ2) is 15.0. The molecule has 11 heteroatoms. The monoisotopic (exact) mass is 747 g/mol. The van der Waals surface area contributed by atoms with Crippen LogP contribution in [-0.4, -0.2) is 75.8 Å². The lowest BCUT2D eigenvalue weighted by molar-refractivity contribution is -0.150. The molecule has 1 N–H and O–H groups in total. The van der Waals surface area contributed by atoms with Crippen LogP contribution < -0.4 is 24.5 Å². The molecule has 0 radical (unpaired) electrons. The zero-order chi connectivity index (χ0) is 38.2. The number of nitrogens with zero attached hydrogens (tertiary/aromatic N) is 3. The number of rotatable bonds is 13. The zero-order valence-electron chi connectivity index (χ0n) is 31.7. The summed E-state index contributed by atoms with van der Waals surface area (Å²) in [5.41, 5.74) is 2.68. The standard InChI is InChI=1S/C43H49N3O7Si/c1-29-41(54(4,5)35-18-15-33(51-2)16-19-35)38(26-40(49)44(23-24-47)27-30-9-7-6-8-10-30)53-43(29)36-25-34(52-3)17-20-37(36)46(42(43)50)28-31-11-13-32(14-12-31)45-22-21-39(45)48/h6-20,25,29,38,41,47H,21-24,26-28H2,1-5H3/t29-,38+,41-,43+/m0/s1. The first-order chi connectivity index (χ1) is 26.0. The normalized spacial score (nSPS) is 22.0. The molecule has 10 nitrogen and oxygen atoms in total. The van der Waals surface area contributed by atoms with Crippen LogP contribution in [0.15, 0.2) is 97.1 Å². The third-order valence-corrected chi connectivity index (χ3v) is 16.2. The van der Waals surface area contributed by atoms with Crippen molar-refractivity contribution >= 4 is 42.4 Å². The zero-order valence-corrected chi connectivity index (χ0v) is 32.7. The molecule has 4 aromatic carbocycles. The number of aliphatic hydroxyl groups excluding tert-OH is 1. The Balaban J connectivity index is 1.28. The molecule has 0 saturated carbocycles. The summed E-state index contributed by atoms with van der Waals surface area (Å²) >= 11 is 0. The van der Waals surface area contributed by atoms with Gasteiger partial charge in [-0.2, -0.15) is 0 Å². The lowest BCUT2D eigenvalue weighted by Gasteiger charge is -2.37. The van der Waals surface area contributed by atoms with Crippen molar-refractivity contribution in [2.75, 3.05) is 43.7 Å². The molecule has 4 aromatic rings. The number of β-lactam (4-membered cyclic amide) rings is 1. The summed E-state index contributed by atoms with van der Waals surface area (Å²) in [7, 11) is 0.736. The number of fused-ring (bicyclic) bond motifs is 2. The van der Waals surface area contributed by atoms with E-state index in [9.17, 15) is 14.7 Å². The maximum Gasteiger partial charge on any atom is 0.264 e. The second-order valence-electron chi connectivity index (χ2n) is 15.1.